The van der Waals surface area contributed by atoms with E-state index in [1.165, 1.54) is 0 Å². The third-order valence-electron chi connectivity index (χ3n) is 4.78. The van der Waals surface area contributed by atoms with Crippen molar-refractivity contribution < 1.29 is 9.53 Å². The molecule has 0 N–H and O–H groups in total. The van der Waals surface area contributed by atoms with Crippen molar-refractivity contribution in [1.82, 2.24) is 9.78 Å². The molecule has 4 aromatic rings. The predicted octanol–water partition coefficient (Wildman–Crippen LogP) is 7.16. The van der Waals surface area contributed by atoms with E-state index in [0.29, 0.717) is 32.0 Å². The number of esters is 1. The van der Waals surface area contributed by atoms with E-state index in [1.54, 1.807) is 35.0 Å². The van der Waals surface area contributed by atoms with E-state index < -0.39 is 5.97 Å². The lowest BCUT2D eigenvalue weighted by atomic mass is 10.1. The number of halogens is 3. The molecule has 0 fully saturated rings. The summed E-state index contributed by atoms with van der Waals surface area (Å²) < 4.78 is 7.15. The number of benzene rings is 3. The highest BCUT2D eigenvalue weighted by atomic mass is 35.5. The summed E-state index contributed by atoms with van der Waals surface area (Å²) in [6, 6.07) is 21.9. The zero-order chi connectivity index (χ0) is 22.0. The molecule has 0 aliphatic heterocycles. The van der Waals surface area contributed by atoms with E-state index in [1.807, 2.05) is 49.4 Å². The number of ether oxygens (including phenoxy) is 1. The summed E-state index contributed by atoms with van der Waals surface area (Å²) in [7, 11) is 0. The third kappa shape index (κ3) is 4.62. The number of hydrogen-bond donors (Lipinski definition) is 0. The van der Waals surface area contributed by atoms with Gasteiger partial charge in [0, 0.05) is 21.2 Å². The largest absolute Gasteiger partial charge is 0.456 e. The molecule has 0 atom stereocenters. The van der Waals surface area contributed by atoms with Gasteiger partial charge in [-0.05, 0) is 42.8 Å². The van der Waals surface area contributed by atoms with Gasteiger partial charge in [0.1, 0.15) is 6.61 Å². The molecule has 7 heteroatoms. The molecule has 4 nitrogen and oxygen atoms in total. The average Bonchev–Trinajstić information content (AvgIpc) is 3.10. The molecule has 0 saturated carbocycles. The molecule has 0 bridgehead atoms. The van der Waals surface area contributed by atoms with Gasteiger partial charge >= 0.3 is 5.97 Å². The van der Waals surface area contributed by atoms with Crippen LogP contribution in [0, 0.1) is 6.92 Å². The Labute approximate surface area is 194 Å². The second-order valence-corrected chi connectivity index (χ2v) is 8.18. The zero-order valence-corrected chi connectivity index (χ0v) is 18.7. The van der Waals surface area contributed by atoms with Gasteiger partial charge in [-0.2, -0.15) is 5.10 Å². The lowest BCUT2D eigenvalue weighted by Crippen LogP contribution is -2.08. The van der Waals surface area contributed by atoms with Gasteiger partial charge in [0.2, 0.25) is 0 Å². The number of rotatable bonds is 5. The number of carbonyl (C=O) groups is 1. The number of nitrogens with zero attached hydrogens (tertiary/aromatic N) is 2. The maximum Gasteiger partial charge on any atom is 0.359 e. The molecule has 1 heterocycles. The molecule has 0 aliphatic rings. The smallest absolute Gasteiger partial charge is 0.359 e. The number of aromatic nitrogens is 2. The van der Waals surface area contributed by atoms with E-state index in [-0.39, 0.29) is 12.3 Å². The molecule has 156 valence electrons. The van der Waals surface area contributed by atoms with E-state index in [9.17, 15) is 4.79 Å². The fourth-order valence-corrected chi connectivity index (χ4v) is 3.87. The second-order valence-electron chi connectivity index (χ2n) is 6.90. The van der Waals surface area contributed by atoms with Crippen LogP contribution in [0.1, 0.15) is 21.6 Å². The molecular formula is C24H17Cl3N2O2. The van der Waals surface area contributed by atoms with Crippen molar-refractivity contribution in [1.29, 1.82) is 0 Å². The van der Waals surface area contributed by atoms with Crippen LogP contribution in [0.25, 0.3) is 16.9 Å². The fraction of sp³-hybridized carbons (Fsp3) is 0.0833. The van der Waals surface area contributed by atoms with Crippen LogP contribution >= 0.6 is 34.8 Å². The highest BCUT2D eigenvalue weighted by Crippen LogP contribution is 2.33. The summed E-state index contributed by atoms with van der Waals surface area (Å²) in [5, 5.41) is 6.09. The molecule has 0 aliphatic carbocycles. The van der Waals surface area contributed by atoms with Crippen LogP contribution < -0.4 is 0 Å². The topological polar surface area (TPSA) is 44.1 Å². The lowest BCUT2D eigenvalue weighted by molar-refractivity contribution is 0.0464. The maximum atomic E-state index is 12.9. The molecule has 0 amide bonds. The molecule has 0 spiro atoms. The summed E-state index contributed by atoms with van der Waals surface area (Å²) in [5.74, 6) is -0.514. The highest BCUT2D eigenvalue weighted by Gasteiger charge is 2.24. The minimum absolute atomic E-state index is 0.157. The molecule has 0 radical (unpaired) electrons. The first kappa shape index (κ1) is 21.4. The van der Waals surface area contributed by atoms with Crippen LogP contribution in [-0.2, 0) is 11.3 Å². The van der Waals surface area contributed by atoms with Gasteiger partial charge in [0.05, 0.1) is 16.4 Å². The van der Waals surface area contributed by atoms with Crippen molar-refractivity contribution in [2.75, 3.05) is 0 Å². The van der Waals surface area contributed by atoms with E-state index in [4.69, 9.17) is 39.5 Å². The fourth-order valence-electron chi connectivity index (χ4n) is 3.26. The van der Waals surface area contributed by atoms with Crippen molar-refractivity contribution >= 4 is 40.8 Å². The monoisotopic (exact) mass is 470 g/mol. The van der Waals surface area contributed by atoms with Crippen molar-refractivity contribution in [2.24, 2.45) is 0 Å². The standard InChI is InChI=1S/C24H17Cl3N2O2/c1-15-22(24(30)31-14-16-5-3-2-4-6-16)28-29(21-12-11-19(26)13-20(21)27)23(15)17-7-9-18(25)10-8-17/h2-13H,14H2,1H3. The third-order valence-corrected chi connectivity index (χ3v) is 5.57. The van der Waals surface area contributed by atoms with Crippen molar-refractivity contribution in [3.8, 4) is 16.9 Å². The van der Waals surface area contributed by atoms with Gasteiger partial charge in [0.15, 0.2) is 5.69 Å². The molecule has 4 rings (SSSR count). The molecule has 31 heavy (non-hydrogen) atoms. The summed E-state index contributed by atoms with van der Waals surface area (Å²) in [6.45, 7) is 1.99. The van der Waals surface area contributed by atoms with Crippen molar-refractivity contribution in [3.63, 3.8) is 0 Å². The van der Waals surface area contributed by atoms with Crippen LogP contribution in [0.3, 0.4) is 0 Å². The van der Waals surface area contributed by atoms with Crippen LogP contribution in [0.2, 0.25) is 15.1 Å². The lowest BCUT2D eigenvalue weighted by Gasteiger charge is -2.11. The van der Waals surface area contributed by atoms with Crippen LogP contribution in [0.15, 0.2) is 72.8 Å². The Morgan fingerprint density at radius 2 is 1.61 bits per heavy atom. The van der Waals surface area contributed by atoms with Gasteiger partial charge in [0.25, 0.3) is 0 Å². The van der Waals surface area contributed by atoms with E-state index in [0.717, 1.165) is 11.1 Å². The minimum atomic E-state index is -0.514. The minimum Gasteiger partial charge on any atom is -0.456 e. The first-order valence-corrected chi connectivity index (χ1v) is 10.6. The SMILES string of the molecule is Cc1c(C(=O)OCc2ccccc2)nn(-c2ccc(Cl)cc2Cl)c1-c1ccc(Cl)cc1. The molecule has 3 aromatic carbocycles. The summed E-state index contributed by atoms with van der Waals surface area (Å²) in [6.07, 6.45) is 0. The average molecular weight is 472 g/mol. The quantitative estimate of drug-likeness (QED) is 0.290. The zero-order valence-electron chi connectivity index (χ0n) is 16.5. The Morgan fingerprint density at radius 1 is 0.935 bits per heavy atom. The van der Waals surface area contributed by atoms with Crippen LogP contribution in [0.4, 0.5) is 0 Å². The molecular weight excluding hydrogens is 455 g/mol. The Bertz CT molecular complexity index is 1240. The van der Waals surface area contributed by atoms with Gasteiger partial charge in [-0.15, -0.1) is 0 Å². The van der Waals surface area contributed by atoms with Gasteiger partial charge in [-0.3, -0.25) is 0 Å². The number of carbonyl (C=O) groups excluding carboxylic acids is 1. The highest BCUT2D eigenvalue weighted by molar-refractivity contribution is 6.35. The summed E-state index contributed by atoms with van der Waals surface area (Å²) in [4.78, 5) is 12.9. The number of hydrogen-bond acceptors (Lipinski definition) is 3. The Kier molecular flexibility index (Phi) is 6.33. The Morgan fingerprint density at radius 3 is 2.29 bits per heavy atom. The van der Waals surface area contributed by atoms with Crippen LogP contribution in [0.5, 0.6) is 0 Å². The predicted molar refractivity (Wildman–Crippen MR) is 124 cm³/mol. The summed E-state index contributed by atoms with van der Waals surface area (Å²) >= 11 is 18.6. The maximum absolute atomic E-state index is 12.9. The second kappa shape index (κ2) is 9.15. The van der Waals surface area contributed by atoms with Crippen molar-refractivity contribution in [3.05, 3.63) is 105 Å². The van der Waals surface area contributed by atoms with Gasteiger partial charge in [-0.25, -0.2) is 9.48 Å². The molecule has 0 unspecified atom stereocenters. The summed E-state index contributed by atoms with van der Waals surface area (Å²) in [5.41, 5.74) is 3.93. The Hall–Kier alpha value is -2.79. The van der Waals surface area contributed by atoms with Crippen LogP contribution in [-0.4, -0.2) is 15.7 Å². The first-order chi connectivity index (χ1) is 14.9. The normalized spacial score (nSPS) is 10.8. The first-order valence-electron chi connectivity index (χ1n) is 9.46. The van der Waals surface area contributed by atoms with Crippen molar-refractivity contribution in [2.45, 2.75) is 13.5 Å². The Balaban J connectivity index is 1.78. The van der Waals surface area contributed by atoms with E-state index in [2.05, 4.69) is 5.10 Å². The van der Waals surface area contributed by atoms with Gasteiger partial charge in [-0.1, -0.05) is 77.3 Å². The van der Waals surface area contributed by atoms with Gasteiger partial charge < -0.3 is 4.74 Å². The molecule has 1 aromatic heterocycles. The van der Waals surface area contributed by atoms with E-state index >= 15 is 0 Å². The molecule has 0 saturated heterocycles.